The van der Waals surface area contributed by atoms with Gasteiger partial charge in [-0.1, -0.05) is 37.3 Å². The Labute approximate surface area is 156 Å². The van der Waals surface area contributed by atoms with Gasteiger partial charge in [-0.2, -0.15) is 0 Å². The first kappa shape index (κ1) is 17.3. The molecule has 1 heteroatoms. The van der Waals surface area contributed by atoms with E-state index in [1.165, 1.54) is 56.2 Å². The molecule has 0 aromatic heterocycles. The van der Waals surface area contributed by atoms with Crippen molar-refractivity contribution in [2.45, 2.75) is 51.4 Å². The summed E-state index contributed by atoms with van der Waals surface area (Å²) < 4.78 is 12.9. The van der Waals surface area contributed by atoms with Crippen LogP contribution in [0.25, 0.3) is 0 Å². The van der Waals surface area contributed by atoms with Crippen molar-refractivity contribution < 1.29 is 4.39 Å². The van der Waals surface area contributed by atoms with Crippen LogP contribution in [0.3, 0.4) is 0 Å². The van der Waals surface area contributed by atoms with Gasteiger partial charge >= 0.3 is 0 Å². The highest BCUT2D eigenvalue weighted by atomic mass is 19.1. The minimum Gasteiger partial charge on any atom is -0.207 e. The van der Waals surface area contributed by atoms with Crippen molar-refractivity contribution in [3.63, 3.8) is 0 Å². The quantitative estimate of drug-likeness (QED) is 0.514. The summed E-state index contributed by atoms with van der Waals surface area (Å²) in [6, 6.07) is 15.2. The highest BCUT2D eigenvalue weighted by molar-refractivity contribution is 5.43. The Kier molecular flexibility index (Phi) is 5.11. The summed E-state index contributed by atoms with van der Waals surface area (Å²) >= 11 is 0. The topological polar surface area (TPSA) is 0 Å². The van der Waals surface area contributed by atoms with Gasteiger partial charge in [-0.05, 0) is 97.7 Å². The Morgan fingerprint density at radius 2 is 1.31 bits per heavy atom. The zero-order chi connectivity index (χ0) is 17.9. The average molecular weight is 346 g/mol. The van der Waals surface area contributed by atoms with Gasteiger partial charge in [0.25, 0.3) is 0 Å². The van der Waals surface area contributed by atoms with Crippen LogP contribution >= 0.6 is 0 Å². The van der Waals surface area contributed by atoms with E-state index >= 15 is 0 Å². The summed E-state index contributed by atoms with van der Waals surface area (Å²) in [6.07, 6.45) is 8.43. The molecule has 2 saturated carbocycles. The van der Waals surface area contributed by atoms with E-state index in [0.717, 1.165) is 34.8 Å². The van der Waals surface area contributed by atoms with E-state index in [1.807, 2.05) is 0 Å². The van der Waals surface area contributed by atoms with Crippen LogP contribution in [0, 0.1) is 35.4 Å². The van der Waals surface area contributed by atoms with Gasteiger partial charge in [0.2, 0.25) is 0 Å². The van der Waals surface area contributed by atoms with Gasteiger partial charge in [0.15, 0.2) is 0 Å². The van der Waals surface area contributed by atoms with Gasteiger partial charge in [-0.25, -0.2) is 4.39 Å². The first-order valence-electron chi connectivity index (χ1n) is 10.0. The third kappa shape index (κ3) is 4.01. The van der Waals surface area contributed by atoms with E-state index in [2.05, 4.69) is 43.0 Å². The van der Waals surface area contributed by atoms with Gasteiger partial charge < -0.3 is 0 Å². The normalized spacial score (nSPS) is 27.9. The molecule has 0 nitrogen and oxygen atoms in total. The zero-order valence-electron chi connectivity index (χ0n) is 15.5. The molecule has 4 atom stereocenters. The van der Waals surface area contributed by atoms with Gasteiger partial charge in [0.1, 0.15) is 5.82 Å². The Morgan fingerprint density at radius 1 is 0.731 bits per heavy atom. The lowest BCUT2D eigenvalue weighted by Crippen LogP contribution is -2.29. The predicted molar refractivity (Wildman–Crippen MR) is 105 cm³/mol. The molecule has 0 radical (unpaired) electrons. The van der Waals surface area contributed by atoms with Crippen molar-refractivity contribution in [2.24, 2.45) is 17.8 Å². The molecule has 0 heterocycles. The highest BCUT2D eigenvalue weighted by Crippen LogP contribution is 2.47. The Hall–Kier alpha value is -2.07. The maximum atomic E-state index is 12.9. The fraction of sp³-hybridized carbons (Fsp3) is 0.440. The van der Waals surface area contributed by atoms with Gasteiger partial charge in [0, 0.05) is 11.1 Å². The van der Waals surface area contributed by atoms with Crippen molar-refractivity contribution in [1.29, 1.82) is 0 Å². The summed E-state index contributed by atoms with van der Waals surface area (Å²) in [5.41, 5.74) is 3.35. The maximum Gasteiger partial charge on any atom is 0.123 e. The van der Waals surface area contributed by atoms with E-state index < -0.39 is 0 Å². The summed E-state index contributed by atoms with van der Waals surface area (Å²) in [5.74, 6) is 9.67. The van der Waals surface area contributed by atoms with E-state index in [1.54, 1.807) is 12.1 Å². The number of rotatable bonds is 1. The molecule has 26 heavy (non-hydrogen) atoms. The molecule has 0 aliphatic heterocycles. The summed E-state index contributed by atoms with van der Waals surface area (Å²) in [4.78, 5) is 0. The average Bonchev–Trinajstić information content (AvgIpc) is 2.67. The second-order valence-electron chi connectivity index (χ2n) is 8.33. The molecule has 0 amide bonds. The maximum absolute atomic E-state index is 12.9. The fourth-order valence-electron chi connectivity index (χ4n) is 4.94. The number of hydrogen-bond acceptors (Lipinski definition) is 0. The molecule has 0 bridgehead atoms. The highest BCUT2D eigenvalue weighted by Gasteiger charge is 2.34. The Balaban J connectivity index is 1.41. The number of hydrogen-bond donors (Lipinski definition) is 0. The second-order valence-corrected chi connectivity index (χ2v) is 8.33. The molecular weight excluding hydrogens is 319 g/mol. The summed E-state index contributed by atoms with van der Waals surface area (Å²) in [7, 11) is 0. The van der Waals surface area contributed by atoms with Gasteiger partial charge in [-0.3, -0.25) is 0 Å². The number of halogens is 1. The largest absolute Gasteiger partial charge is 0.207 e. The molecule has 0 saturated heterocycles. The lowest BCUT2D eigenvalue weighted by Gasteiger charge is -2.41. The molecule has 0 N–H and O–H groups in total. The van der Waals surface area contributed by atoms with Crippen molar-refractivity contribution in [1.82, 2.24) is 0 Å². The molecule has 4 rings (SSSR count). The standard InChI is InChI=1S/C25H27F/c1-18-2-9-24-17-23(13-12-22(24)16-18)21-10-5-19(6-11-21)3-4-20-7-14-25(26)15-8-20/h5-8,10-11,14-15,18,22-24H,2,9,12-13,16-17H2,1H3/t18?,22-,23-,24-/m1/s1. The monoisotopic (exact) mass is 346 g/mol. The van der Waals surface area contributed by atoms with Crippen molar-refractivity contribution in [3.05, 3.63) is 71.0 Å². The molecule has 2 aromatic rings. The van der Waals surface area contributed by atoms with E-state index in [9.17, 15) is 4.39 Å². The van der Waals surface area contributed by atoms with Crippen LogP contribution in [0.5, 0.6) is 0 Å². The molecule has 2 aliphatic rings. The van der Waals surface area contributed by atoms with Crippen molar-refractivity contribution in [3.8, 4) is 11.8 Å². The molecule has 2 aliphatic carbocycles. The smallest absolute Gasteiger partial charge is 0.123 e. The minimum absolute atomic E-state index is 0.220. The first-order valence-corrected chi connectivity index (χ1v) is 10.0. The van der Waals surface area contributed by atoms with Crippen LogP contribution in [0.2, 0.25) is 0 Å². The van der Waals surface area contributed by atoms with E-state index in [4.69, 9.17) is 0 Å². The van der Waals surface area contributed by atoms with Gasteiger partial charge in [-0.15, -0.1) is 0 Å². The number of benzene rings is 2. The van der Waals surface area contributed by atoms with Crippen LogP contribution in [-0.2, 0) is 0 Å². The Morgan fingerprint density at radius 3 is 2.00 bits per heavy atom. The summed E-state index contributed by atoms with van der Waals surface area (Å²) in [5, 5.41) is 0. The van der Waals surface area contributed by atoms with Gasteiger partial charge in [0.05, 0.1) is 0 Å². The third-order valence-corrected chi connectivity index (χ3v) is 6.45. The molecule has 2 aromatic carbocycles. The molecular formula is C25H27F. The summed E-state index contributed by atoms with van der Waals surface area (Å²) in [6.45, 7) is 2.42. The third-order valence-electron chi connectivity index (χ3n) is 6.45. The SMILES string of the molecule is CC1CC[C@@H]2C[C@H](c3ccc(C#Cc4ccc(F)cc4)cc3)CC[C@@H]2C1. The zero-order valence-corrected chi connectivity index (χ0v) is 15.5. The van der Waals surface area contributed by atoms with E-state index in [-0.39, 0.29) is 5.82 Å². The van der Waals surface area contributed by atoms with E-state index in [0.29, 0.717) is 0 Å². The van der Waals surface area contributed by atoms with Crippen LogP contribution in [0.1, 0.15) is 68.1 Å². The lowest BCUT2D eigenvalue weighted by molar-refractivity contribution is 0.124. The molecule has 2 fully saturated rings. The van der Waals surface area contributed by atoms with Crippen LogP contribution < -0.4 is 0 Å². The minimum atomic E-state index is -0.220. The second kappa shape index (κ2) is 7.67. The predicted octanol–water partition coefficient (Wildman–Crippen LogP) is 6.55. The number of fused-ring (bicyclic) bond motifs is 1. The molecule has 1 unspecified atom stereocenters. The molecule has 134 valence electrons. The van der Waals surface area contributed by atoms with Crippen molar-refractivity contribution in [2.75, 3.05) is 0 Å². The van der Waals surface area contributed by atoms with Crippen LogP contribution in [0.15, 0.2) is 48.5 Å². The fourth-order valence-corrected chi connectivity index (χ4v) is 4.94. The van der Waals surface area contributed by atoms with Crippen LogP contribution in [0.4, 0.5) is 4.39 Å². The van der Waals surface area contributed by atoms with Crippen LogP contribution in [-0.4, -0.2) is 0 Å². The molecule has 0 spiro atoms. The Bertz CT molecular complexity index is 791. The lowest BCUT2D eigenvalue weighted by atomic mass is 9.64. The van der Waals surface area contributed by atoms with Crippen molar-refractivity contribution >= 4 is 0 Å². The first-order chi connectivity index (χ1) is 12.7.